The molecule has 5 heteroatoms. The molecule has 0 radical (unpaired) electrons. The highest BCUT2D eigenvalue weighted by molar-refractivity contribution is 6.60. The monoisotopic (exact) mass is 288 g/mol. The van der Waals surface area contributed by atoms with E-state index in [0.29, 0.717) is 37.9 Å². The molecule has 0 spiro atoms. The van der Waals surface area contributed by atoms with Gasteiger partial charge in [0, 0.05) is 25.9 Å². The van der Waals surface area contributed by atoms with Crippen molar-refractivity contribution in [1.29, 1.82) is 0 Å². The maximum atomic E-state index is 5.90. The van der Waals surface area contributed by atoms with Crippen molar-refractivity contribution in [3.05, 3.63) is 0 Å². The molecule has 1 heterocycles. The summed E-state index contributed by atoms with van der Waals surface area (Å²) in [6, 6.07) is 0.930. The van der Waals surface area contributed by atoms with Crippen molar-refractivity contribution in [2.75, 3.05) is 19.8 Å². The van der Waals surface area contributed by atoms with E-state index in [-0.39, 0.29) is 0 Å². The molecular weight excluding hydrogens is 260 g/mol. The van der Waals surface area contributed by atoms with Crippen molar-refractivity contribution < 1.29 is 18.0 Å². The van der Waals surface area contributed by atoms with Crippen LogP contribution in [0.3, 0.4) is 0 Å². The minimum absolute atomic E-state index is 0.519. The van der Waals surface area contributed by atoms with Crippen molar-refractivity contribution in [2.24, 2.45) is 5.92 Å². The molecule has 0 aromatic carbocycles. The molecule has 0 aromatic heterocycles. The summed E-state index contributed by atoms with van der Waals surface area (Å²) in [7, 11) is -2.45. The number of epoxide rings is 1. The van der Waals surface area contributed by atoms with Crippen LogP contribution in [0.5, 0.6) is 0 Å². The van der Waals surface area contributed by atoms with Gasteiger partial charge in [0.05, 0.1) is 12.2 Å². The fourth-order valence-electron chi connectivity index (χ4n) is 3.22. The predicted octanol–water partition coefficient (Wildman–Crippen LogP) is 2.99. The third-order valence-corrected chi connectivity index (χ3v) is 7.15. The Balaban J connectivity index is 1.86. The highest BCUT2D eigenvalue weighted by Crippen LogP contribution is 2.43. The molecule has 3 atom stereocenters. The van der Waals surface area contributed by atoms with Gasteiger partial charge in [0.2, 0.25) is 0 Å². The fraction of sp³-hybridized carbons (Fsp3) is 1.00. The predicted molar refractivity (Wildman–Crippen MR) is 76.1 cm³/mol. The summed E-state index contributed by atoms with van der Waals surface area (Å²) < 4.78 is 23.4. The van der Waals surface area contributed by atoms with Gasteiger partial charge in [0.15, 0.2) is 0 Å². The minimum atomic E-state index is -2.45. The molecule has 1 aliphatic heterocycles. The van der Waals surface area contributed by atoms with E-state index in [1.54, 1.807) is 0 Å². The van der Waals surface area contributed by atoms with Crippen LogP contribution in [0.15, 0.2) is 0 Å². The van der Waals surface area contributed by atoms with Crippen LogP contribution in [0.25, 0.3) is 0 Å². The minimum Gasteiger partial charge on any atom is -0.374 e. The van der Waals surface area contributed by atoms with Crippen molar-refractivity contribution in [3.8, 4) is 0 Å². The van der Waals surface area contributed by atoms with E-state index in [9.17, 15) is 0 Å². The van der Waals surface area contributed by atoms with Gasteiger partial charge in [-0.15, -0.1) is 0 Å². The molecule has 1 saturated heterocycles. The van der Waals surface area contributed by atoms with E-state index in [1.165, 1.54) is 19.3 Å². The summed E-state index contributed by atoms with van der Waals surface area (Å²) in [6.07, 6.45) is 6.04. The molecule has 3 unspecified atom stereocenters. The van der Waals surface area contributed by atoms with E-state index >= 15 is 0 Å². The maximum Gasteiger partial charge on any atom is 0.500 e. The van der Waals surface area contributed by atoms with Crippen molar-refractivity contribution >= 4 is 8.80 Å². The van der Waals surface area contributed by atoms with Gasteiger partial charge in [0.25, 0.3) is 0 Å². The van der Waals surface area contributed by atoms with Gasteiger partial charge in [0.1, 0.15) is 0 Å². The molecule has 0 bridgehead atoms. The lowest BCUT2D eigenvalue weighted by Gasteiger charge is -2.30. The third-order valence-electron chi connectivity index (χ3n) is 4.06. The molecule has 4 nitrogen and oxygen atoms in total. The summed E-state index contributed by atoms with van der Waals surface area (Å²) >= 11 is 0. The first-order valence-corrected chi connectivity index (χ1v) is 9.75. The second-order valence-electron chi connectivity index (χ2n) is 5.35. The largest absolute Gasteiger partial charge is 0.500 e. The average Bonchev–Trinajstić information content (AvgIpc) is 3.17. The lowest BCUT2D eigenvalue weighted by Crippen LogP contribution is -2.46. The average molecular weight is 288 g/mol. The zero-order chi connectivity index (χ0) is 13.7. The van der Waals surface area contributed by atoms with Crippen LogP contribution in [0.2, 0.25) is 6.04 Å². The second-order valence-corrected chi connectivity index (χ2v) is 8.08. The Morgan fingerprint density at radius 1 is 1.00 bits per heavy atom. The normalized spacial score (nSPS) is 30.2. The molecule has 1 aliphatic carbocycles. The topological polar surface area (TPSA) is 40.2 Å². The molecule has 112 valence electrons. The van der Waals surface area contributed by atoms with Gasteiger partial charge >= 0.3 is 8.80 Å². The summed E-state index contributed by atoms with van der Waals surface area (Å²) in [5.74, 6) is 0.687. The van der Waals surface area contributed by atoms with Gasteiger partial charge in [-0.25, -0.2) is 0 Å². The summed E-state index contributed by atoms with van der Waals surface area (Å²) in [6.45, 7) is 8.04. The lowest BCUT2D eigenvalue weighted by molar-refractivity contribution is 0.0689. The summed E-state index contributed by atoms with van der Waals surface area (Å²) in [5, 5.41) is 0. The van der Waals surface area contributed by atoms with Crippen LogP contribution < -0.4 is 0 Å². The molecular formula is C14H28O4Si. The molecule has 2 rings (SSSR count). The highest BCUT2D eigenvalue weighted by atomic mass is 28.4. The number of rotatable bonds is 9. The molecule has 19 heavy (non-hydrogen) atoms. The Morgan fingerprint density at radius 3 is 2.21 bits per heavy atom. The first kappa shape index (κ1) is 15.4. The van der Waals surface area contributed by atoms with E-state index < -0.39 is 8.80 Å². The zero-order valence-corrected chi connectivity index (χ0v) is 13.5. The fourth-order valence-corrected chi connectivity index (χ4v) is 5.95. The number of fused-ring (bicyclic) bond motifs is 1. The molecule has 0 N–H and O–H groups in total. The Labute approximate surface area is 118 Å². The van der Waals surface area contributed by atoms with Crippen molar-refractivity contribution in [3.63, 3.8) is 0 Å². The van der Waals surface area contributed by atoms with E-state index in [4.69, 9.17) is 18.0 Å². The van der Waals surface area contributed by atoms with Crippen molar-refractivity contribution in [1.82, 2.24) is 0 Å². The summed E-state index contributed by atoms with van der Waals surface area (Å²) in [5.41, 5.74) is 0. The lowest BCUT2D eigenvalue weighted by atomic mass is 9.87. The van der Waals surface area contributed by atoms with Gasteiger partial charge in [-0.2, -0.15) is 0 Å². The zero-order valence-electron chi connectivity index (χ0n) is 12.5. The molecule has 0 aromatic rings. The Kier molecular flexibility index (Phi) is 5.83. The van der Waals surface area contributed by atoms with Gasteiger partial charge < -0.3 is 18.0 Å². The molecule has 1 saturated carbocycles. The van der Waals surface area contributed by atoms with Crippen LogP contribution in [0.1, 0.15) is 46.5 Å². The number of ether oxygens (including phenoxy) is 1. The van der Waals surface area contributed by atoms with Crippen molar-refractivity contribution in [2.45, 2.75) is 64.7 Å². The molecule has 0 amide bonds. The van der Waals surface area contributed by atoms with E-state index in [0.717, 1.165) is 12.5 Å². The van der Waals surface area contributed by atoms with Gasteiger partial charge in [-0.05, 0) is 46.0 Å². The van der Waals surface area contributed by atoms with Crippen LogP contribution >= 0.6 is 0 Å². The van der Waals surface area contributed by atoms with E-state index in [2.05, 4.69) is 0 Å². The SMILES string of the molecule is CCO[Si](CCC1CCCC2OC12)(OCC)OCC. The Bertz CT molecular complexity index is 257. The summed E-state index contributed by atoms with van der Waals surface area (Å²) in [4.78, 5) is 0. The van der Waals surface area contributed by atoms with Crippen LogP contribution in [0.4, 0.5) is 0 Å². The standard InChI is InChI=1S/C14H28O4Si/c1-4-15-19(16-5-2,17-6-3)11-10-12-8-7-9-13-14(12)18-13/h12-14H,4-11H2,1-3H3. The third kappa shape index (κ3) is 4.01. The Morgan fingerprint density at radius 2 is 1.63 bits per heavy atom. The second kappa shape index (κ2) is 7.18. The maximum absolute atomic E-state index is 5.90. The number of hydrogen-bond donors (Lipinski definition) is 0. The van der Waals surface area contributed by atoms with Crippen LogP contribution in [-0.2, 0) is 18.0 Å². The van der Waals surface area contributed by atoms with Gasteiger partial charge in [-0.1, -0.05) is 6.42 Å². The smallest absolute Gasteiger partial charge is 0.374 e. The van der Waals surface area contributed by atoms with E-state index in [1.807, 2.05) is 20.8 Å². The molecule has 2 fully saturated rings. The van der Waals surface area contributed by atoms with Gasteiger partial charge in [-0.3, -0.25) is 0 Å². The highest BCUT2D eigenvalue weighted by Gasteiger charge is 2.49. The molecule has 2 aliphatic rings. The number of hydrogen-bond acceptors (Lipinski definition) is 4. The van der Waals surface area contributed by atoms with Crippen LogP contribution in [-0.4, -0.2) is 40.8 Å². The van der Waals surface area contributed by atoms with Crippen LogP contribution in [0, 0.1) is 5.92 Å². The first-order chi connectivity index (χ1) is 9.24. The quantitative estimate of drug-likeness (QED) is 0.483. The first-order valence-electron chi connectivity index (χ1n) is 7.82. The Hall–Kier alpha value is 0.0569.